The number of carbonyl (C=O) groups excluding carboxylic acids is 3. The van der Waals surface area contributed by atoms with Gasteiger partial charge in [0.05, 0.1) is 20.2 Å². The van der Waals surface area contributed by atoms with Crippen molar-refractivity contribution in [2.75, 3.05) is 26.7 Å². The van der Waals surface area contributed by atoms with Crippen LogP contribution in [-0.2, 0) is 19.1 Å². The maximum Gasteiger partial charge on any atom is 0.328 e. The van der Waals surface area contributed by atoms with Gasteiger partial charge < -0.3 is 26.8 Å². The highest BCUT2D eigenvalue weighted by Gasteiger charge is 2.20. The lowest BCUT2D eigenvalue weighted by atomic mass is 10.1. The lowest BCUT2D eigenvalue weighted by molar-refractivity contribution is -0.145. The van der Waals surface area contributed by atoms with Crippen LogP contribution in [0.2, 0.25) is 0 Å². The summed E-state index contributed by atoms with van der Waals surface area (Å²) in [5.74, 6) is -1.42. The lowest BCUT2D eigenvalue weighted by Gasteiger charge is -2.16. The van der Waals surface area contributed by atoms with Crippen LogP contribution in [0.4, 0.5) is 0 Å². The Labute approximate surface area is 112 Å². The van der Waals surface area contributed by atoms with Gasteiger partial charge in [-0.25, -0.2) is 4.79 Å². The highest BCUT2D eigenvalue weighted by Crippen LogP contribution is 2.02. The SMILES string of the molecule is COC(=O)[C@H](CCCCN)NC(=O)CNC(=O)CN. The van der Waals surface area contributed by atoms with E-state index in [1.54, 1.807) is 0 Å². The van der Waals surface area contributed by atoms with Crippen LogP contribution in [0.25, 0.3) is 0 Å². The molecule has 0 rings (SSSR count). The molecule has 0 fully saturated rings. The van der Waals surface area contributed by atoms with Crippen LogP contribution >= 0.6 is 0 Å². The highest BCUT2D eigenvalue weighted by molar-refractivity contribution is 5.88. The standard InChI is InChI=1S/C11H22N4O4/c1-19-11(18)8(4-2-3-5-12)15-10(17)7-14-9(16)6-13/h8H,2-7,12-13H2,1H3,(H,14,16)(H,15,17)/t8-/m0/s1. The summed E-state index contributed by atoms with van der Waals surface area (Å²) >= 11 is 0. The number of nitrogens with one attached hydrogen (secondary N) is 2. The minimum Gasteiger partial charge on any atom is -0.467 e. The fraction of sp³-hybridized carbons (Fsp3) is 0.727. The molecule has 0 spiro atoms. The molecule has 0 aromatic heterocycles. The van der Waals surface area contributed by atoms with Crippen molar-refractivity contribution < 1.29 is 19.1 Å². The first kappa shape index (κ1) is 17.3. The number of amides is 2. The van der Waals surface area contributed by atoms with Gasteiger partial charge in [-0.15, -0.1) is 0 Å². The molecule has 0 aliphatic heterocycles. The smallest absolute Gasteiger partial charge is 0.328 e. The molecule has 0 radical (unpaired) electrons. The molecule has 19 heavy (non-hydrogen) atoms. The van der Waals surface area contributed by atoms with Gasteiger partial charge in [0, 0.05) is 0 Å². The quantitative estimate of drug-likeness (QED) is 0.279. The summed E-state index contributed by atoms with van der Waals surface area (Å²) in [7, 11) is 1.25. The summed E-state index contributed by atoms with van der Waals surface area (Å²) in [5, 5.41) is 4.81. The number of esters is 1. The van der Waals surface area contributed by atoms with Crippen LogP contribution in [0.5, 0.6) is 0 Å². The first-order valence-corrected chi connectivity index (χ1v) is 6.09. The van der Waals surface area contributed by atoms with Crippen molar-refractivity contribution in [1.82, 2.24) is 10.6 Å². The zero-order chi connectivity index (χ0) is 14.7. The minimum absolute atomic E-state index is 0.190. The first-order chi connectivity index (χ1) is 9.04. The Balaban J connectivity index is 4.18. The van der Waals surface area contributed by atoms with Crippen LogP contribution in [-0.4, -0.2) is 50.6 Å². The monoisotopic (exact) mass is 274 g/mol. The molecule has 0 bridgehead atoms. The van der Waals surface area contributed by atoms with Gasteiger partial charge in [0.2, 0.25) is 11.8 Å². The average molecular weight is 274 g/mol. The molecule has 6 N–H and O–H groups in total. The zero-order valence-corrected chi connectivity index (χ0v) is 11.1. The second-order valence-electron chi connectivity index (χ2n) is 3.91. The van der Waals surface area contributed by atoms with Crippen molar-refractivity contribution in [3.8, 4) is 0 Å². The predicted molar refractivity (Wildman–Crippen MR) is 68.9 cm³/mol. The highest BCUT2D eigenvalue weighted by atomic mass is 16.5. The molecule has 0 aliphatic carbocycles. The van der Waals surface area contributed by atoms with Gasteiger partial charge in [0.25, 0.3) is 0 Å². The number of ether oxygens (including phenoxy) is 1. The van der Waals surface area contributed by atoms with Crippen LogP contribution in [0.3, 0.4) is 0 Å². The Hall–Kier alpha value is -1.67. The van der Waals surface area contributed by atoms with Crippen LogP contribution in [0.1, 0.15) is 19.3 Å². The van der Waals surface area contributed by atoms with Crippen molar-refractivity contribution in [3.63, 3.8) is 0 Å². The van der Waals surface area contributed by atoms with Gasteiger partial charge >= 0.3 is 5.97 Å². The third kappa shape index (κ3) is 8.11. The van der Waals surface area contributed by atoms with Crippen molar-refractivity contribution in [2.45, 2.75) is 25.3 Å². The summed E-state index contributed by atoms with van der Waals surface area (Å²) < 4.78 is 4.60. The van der Waals surface area contributed by atoms with E-state index in [9.17, 15) is 14.4 Å². The third-order valence-electron chi connectivity index (χ3n) is 2.40. The number of hydrogen-bond acceptors (Lipinski definition) is 6. The van der Waals surface area contributed by atoms with E-state index in [1.807, 2.05) is 0 Å². The molecule has 1 atom stereocenters. The summed E-state index contributed by atoms with van der Waals surface area (Å²) in [6, 6.07) is -0.723. The molecule has 0 aliphatic rings. The molecule has 8 heteroatoms. The fourth-order valence-corrected chi connectivity index (χ4v) is 1.38. The summed E-state index contributed by atoms with van der Waals surface area (Å²) in [5.41, 5.74) is 10.4. The van der Waals surface area contributed by atoms with E-state index in [1.165, 1.54) is 7.11 Å². The molecular formula is C11H22N4O4. The van der Waals surface area contributed by atoms with E-state index in [-0.39, 0.29) is 13.1 Å². The van der Waals surface area contributed by atoms with E-state index in [0.717, 1.165) is 6.42 Å². The van der Waals surface area contributed by atoms with Crippen LogP contribution in [0.15, 0.2) is 0 Å². The molecule has 0 saturated heterocycles. The van der Waals surface area contributed by atoms with Crippen molar-refractivity contribution in [3.05, 3.63) is 0 Å². The number of hydrogen-bond donors (Lipinski definition) is 4. The number of carbonyl (C=O) groups is 3. The Morgan fingerprint density at radius 1 is 1.16 bits per heavy atom. The van der Waals surface area contributed by atoms with E-state index >= 15 is 0 Å². The van der Waals surface area contributed by atoms with Gasteiger partial charge in [-0.2, -0.15) is 0 Å². The van der Waals surface area contributed by atoms with Gasteiger partial charge in [0.1, 0.15) is 6.04 Å². The van der Waals surface area contributed by atoms with Crippen LogP contribution < -0.4 is 22.1 Å². The molecule has 0 aromatic carbocycles. The van der Waals surface area contributed by atoms with Crippen molar-refractivity contribution >= 4 is 17.8 Å². The Bertz CT molecular complexity index is 309. The fourth-order valence-electron chi connectivity index (χ4n) is 1.38. The molecule has 2 amide bonds. The number of nitrogens with two attached hydrogens (primary N) is 2. The minimum atomic E-state index is -0.723. The van der Waals surface area contributed by atoms with Crippen LogP contribution in [0, 0.1) is 0 Å². The Morgan fingerprint density at radius 3 is 2.37 bits per heavy atom. The van der Waals surface area contributed by atoms with E-state index in [2.05, 4.69) is 15.4 Å². The first-order valence-electron chi connectivity index (χ1n) is 6.09. The van der Waals surface area contributed by atoms with Crippen molar-refractivity contribution in [1.29, 1.82) is 0 Å². The number of unbranched alkanes of at least 4 members (excludes halogenated alkanes) is 1. The number of methoxy groups -OCH3 is 1. The average Bonchev–Trinajstić information content (AvgIpc) is 2.42. The topological polar surface area (TPSA) is 137 Å². The maximum atomic E-state index is 11.5. The van der Waals surface area contributed by atoms with Gasteiger partial charge in [-0.3, -0.25) is 9.59 Å². The second kappa shape index (κ2) is 10.3. The summed E-state index contributed by atoms with van der Waals surface area (Å²) in [4.78, 5) is 33.9. The van der Waals surface area contributed by atoms with E-state index < -0.39 is 23.8 Å². The largest absolute Gasteiger partial charge is 0.467 e. The zero-order valence-electron chi connectivity index (χ0n) is 11.1. The van der Waals surface area contributed by atoms with Gasteiger partial charge in [0.15, 0.2) is 0 Å². The van der Waals surface area contributed by atoms with Gasteiger partial charge in [-0.1, -0.05) is 0 Å². The van der Waals surface area contributed by atoms with Gasteiger partial charge in [-0.05, 0) is 25.8 Å². The maximum absolute atomic E-state index is 11.5. The molecule has 0 unspecified atom stereocenters. The van der Waals surface area contributed by atoms with Crippen molar-refractivity contribution in [2.24, 2.45) is 11.5 Å². The molecule has 0 aromatic rings. The third-order valence-corrected chi connectivity index (χ3v) is 2.40. The normalized spacial score (nSPS) is 11.5. The summed E-state index contributed by atoms with van der Waals surface area (Å²) in [6.45, 7) is 0.110. The molecule has 0 heterocycles. The Morgan fingerprint density at radius 2 is 1.84 bits per heavy atom. The molecule has 0 saturated carbocycles. The number of rotatable bonds is 9. The lowest BCUT2D eigenvalue weighted by Crippen LogP contribution is -2.46. The second-order valence-corrected chi connectivity index (χ2v) is 3.91. The predicted octanol–water partition coefficient (Wildman–Crippen LogP) is -2.15. The molecule has 110 valence electrons. The molecule has 8 nitrogen and oxygen atoms in total. The summed E-state index contributed by atoms with van der Waals surface area (Å²) in [6.07, 6.45) is 1.90. The Kier molecular flexibility index (Phi) is 9.37. The molecular weight excluding hydrogens is 252 g/mol. The van der Waals surface area contributed by atoms with E-state index in [4.69, 9.17) is 11.5 Å². The van der Waals surface area contributed by atoms with E-state index in [0.29, 0.717) is 19.4 Å².